The molecule has 0 atom stereocenters. The summed E-state index contributed by atoms with van der Waals surface area (Å²) in [4.78, 5) is 1.10. The first-order valence-electron chi connectivity index (χ1n) is 5.73. The van der Waals surface area contributed by atoms with Crippen LogP contribution in [0.25, 0.3) is 0 Å². The molecule has 1 aromatic carbocycles. The average molecular weight is 297 g/mol. The fraction of sp³-hybridized carbons (Fsp3) is 0.500. The van der Waals surface area contributed by atoms with Crippen molar-refractivity contribution < 1.29 is 18.3 Å². The molecule has 0 saturated heterocycles. The number of anilines is 1. The number of aliphatic hydroxyl groups is 1. The van der Waals surface area contributed by atoms with Crippen molar-refractivity contribution in [1.82, 2.24) is 5.32 Å². The number of nitrogens with zero attached hydrogens (tertiary/aromatic N) is 1. The van der Waals surface area contributed by atoms with E-state index in [2.05, 4.69) is 5.32 Å². The van der Waals surface area contributed by atoms with Crippen LogP contribution in [0.5, 0.6) is 0 Å². The zero-order valence-corrected chi connectivity index (χ0v) is 11.2. The highest BCUT2D eigenvalue weighted by atomic mass is 35.5. The maximum atomic E-state index is 12.5. The van der Waals surface area contributed by atoms with Gasteiger partial charge in [0.1, 0.15) is 6.54 Å². The van der Waals surface area contributed by atoms with E-state index in [1.165, 1.54) is 12.1 Å². The second kappa shape index (κ2) is 6.98. The van der Waals surface area contributed by atoms with E-state index in [0.29, 0.717) is 22.8 Å². The molecule has 3 nitrogen and oxygen atoms in total. The summed E-state index contributed by atoms with van der Waals surface area (Å²) in [5.41, 5.74) is 1.08. The molecule has 0 heterocycles. The molecular formula is C12H16ClF3N2O. The number of hydrogen-bond acceptors (Lipinski definition) is 3. The van der Waals surface area contributed by atoms with E-state index in [1.54, 1.807) is 13.1 Å². The number of benzene rings is 1. The van der Waals surface area contributed by atoms with Crippen LogP contribution in [-0.4, -0.2) is 38.0 Å². The largest absolute Gasteiger partial charge is 0.405 e. The predicted molar refractivity (Wildman–Crippen MR) is 69.6 cm³/mol. The normalized spacial score (nSPS) is 11.7. The van der Waals surface area contributed by atoms with Crippen LogP contribution in [0.15, 0.2) is 18.2 Å². The van der Waals surface area contributed by atoms with Crippen LogP contribution < -0.4 is 10.2 Å². The monoisotopic (exact) mass is 296 g/mol. The molecule has 2 N–H and O–H groups in total. The molecule has 108 valence electrons. The van der Waals surface area contributed by atoms with Crippen molar-refractivity contribution in [2.75, 3.05) is 31.6 Å². The van der Waals surface area contributed by atoms with E-state index in [-0.39, 0.29) is 13.2 Å². The molecule has 0 amide bonds. The third-order valence-corrected chi connectivity index (χ3v) is 2.72. The van der Waals surface area contributed by atoms with Crippen LogP contribution in [0.2, 0.25) is 5.02 Å². The van der Waals surface area contributed by atoms with Gasteiger partial charge >= 0.3 is 6.18 Å². The molecule has 7 heteroatoms. The number of nitrogens with one attached hydrogen (secondary N) is 1. The van der Waals surface area contributed by atoms with E-state index in [1.807, 2.05) is 0 Å². The molecule has 0 bridgehead atoms. The van der Waals surface area contributed by atoms with E-state index >= 15 is 0 Å². The van der Waals surface area contributed by atoms with Gasteiger partial charge in [0.25, 0.3) is 0 Å². The fourth-order valence-electron chi connectivity index (χ4n) is 1.82. The number of aliphatic hydroxyl groups excluding tert-OH is 1. The molecule has 0 fully saturated rings. The quantitative estimate of drug-likeness (QED) is 0.846. The minimum absolute atomic E-state index is 0.0855. The molecule has 0 aliphatic heterocycles. The van der Waals surface area contributed by atoms with Gasteiger partial charge in [-0.25, -0.2) is 0 Å². The van der Waals surface area contributed by atoms with E-state index in [4.69, 9.17) is 16.7 Å². The molecule has 0 saturated carbocycles. The molecule has 0 aliphatic carbocycles. The Balaban J connectivity index is 3.06. The maximum absolute atomic E-state index is 12.5. The van der Waals surface area contributed by atoms with Crippen molar-refractivity contribution in [3.05, 3.63) is 28.8 Å². The standard InChI is InChI=1S/C12H16ClF3N2O/c1-17-7-9-6-10(13)2-3-11(9)18(4-5-19)8-12(14,15)16/h2-3,6,17,19H,4-5,7-8H2,1H3. The topological polar surface area (TPSA) is 35.5 Å². The van der Waals surface area contributed by atoms with Gasteiger partial charge in [-0.3, -0.25) is 0 Å². The highest BCUT2D eigenvalue weighted by molar-refractivity contribution is 6.30. The second-order valence-electron chi connectivity index (χ2n) is 4.06. The summed E-state index contributed by atoms with van der Waals surface area (Å²) >= 11 is 5.85. The highest BCUT2D eigenvalue weighted by Crippen LogP contribution is 2.27. The smallest absolute Gasteiger partial charge is 0.395 e. The Hall–Kier alpha value is -0.980. The molecule has 0 aromatic heterocycles. The lowest BCUT2D eigenvalue weighted by molar-refractivity contribution is -0.119. The van der Waals surface area contributed by atoms with Crippen LogP contribution in [0, 0.1) is 0 Å². The first-order chi connectivity index (χ1) is 8.87. The predicted octanol–water partition coefficient (Wildman–Crippen LogP) is 2.42. The van der Waals surface area contributed by atoms with Crippen LogP contribution >= 0.6 is 11.6 Å². The van der Waals surface area contributed by atoms with E-state index in [9.17, 15) is 13.2 Å². The molecule has 0 aliphatic rings. The van der Waals surface area contributed by atoms with Crippen LogP contribution in [0.3, 0.4) is 0 Å². The van der Waals surface area contributed by atoms with Gasteiger partial charge in [0.2, 0.25) is 0 Å². The molecule has 1 rings (SSSR count). The van der Waals surface area contributed by atoms with Crippen molar-refractivity contribution in [2.45, 2.75) is 12.7 Å². The zero-order chi connectivity index (χ0) is 14.5. The molecule has 0 spiro atoms. The van der Waals surface area contributed by atoms with E-state index in [0.717, 1.165) is 4.90 Å². The maximum Gasteiger partial charge on any atom is 0.405 e. The third-order valence-electron chi connectivity index (χ3n) is 2.49. The van der Waals surface area contributed by atoms with Crippen molar-refractivity contribution >= 4 is 17.3 Å². The van der Waals surface area contributed by atoms with Crippen LogP contribution in [0.4, 0.5) is 18.9 Å². The summed E-state index contributed by atoms with van der Waals surface area (Å²) in [5, 5.41) is 12.3. The fourth-order valence-corrected chi connectivity index (χ4v) is 2.01. The summed E-state index contributed by atoms with van der Waals surface area (Å²) in [5.74, 6) is 0. The molecule has 1 aromatic rings. The number of halogens is 4. The number of rotatable bonds is 6. The summed E-state index contributed by atoms with van der Waals surface area (Å²) < 4.78 is 37.6. The minimum Gasteiger partial charge on any atom is -0.395 e. The Morgan fingerprint density at radius 1 is 1.37 bits per heavy atom. The molecule has 0 radical (unpaired) electrons. The first kappa shape index (κ1) is 16.1. The lowest BCUT2D eigenvalue weighted by Crippen LogP contribution is -2.37. The summed E-state index contributed by atoms with van der Waals surface area (Å²) in [7, 11) is 1.70. The zero-order valence-electron chi connectivity index (χ0n) is 10.5. The lowest BCUT2D eigenvalue weighted by atomic mass is 10.1. The van der Waals surface area contributed by atoms with Crippen molar-refractivity contribution in [1.29, 1.82) is 0 Å². The van der Waals surface area contributed by atoms with Gasteiger partial charge in [-0.05, 0) is 30.8 Å². The molecular weight excluding hydrogens is 281 g/mol. The number of alkyl halides is 3. The van der Waals surface area contributed by atoms with Crippen LogP contribution in [0.1, 0.15) is 5.56 Å². The Kier molecular flexibility index (Phi) is 5.90. The van der Waals surface area contributed by atoms with Crippen molar-refractivity contribution in [3.8, 4) is 0 Å². The lowest BCUT2D eigenvalue weighted by Gasteiger charge is -2.27. The SMILES string of the molecule is CNCc1cc(Cl)ccc1N(CCO)CC(F)(F)F. The van der Waals surface area contributed by atoms with Gasteiger partial charge in [-0.2, -0.15) is 13.2 Å². The van der Waals surface area contributed by atoms with Gasteiger partial charge < -0.3 is 15.3 Å². The number of hydrogen-bond donors (Lipinski definition) is 2. The second-order valence-corrected chi connectivity index (χ2v) is 4.50. The van der Waals surface area contributed by atoms with Crippen molar-refractivity contribution in [3.63, 3.8) is 0 Å². The molecule has 19 heavy (non-hydrogen) atoms. The highest BCUT2D eigenvalue weighted by Gasteiger charge is 2.31. The average Bonchev–Trinajstić information content (AvgIpc) is 2.27. The first-order valence-corrected chi connectivity index (χ1v) is 6.10. The summed E-state index contributed by atoms with van der Waals surface area (Å²) in [6.07, 6.45) is -4.33. The van der Waals surface area contributed by atoms with Gasteiger partial charge in [-0.1, -0.05) is 11.6 Å². The molecule has 0 unspecified atom stereocenters. The minimum atomic E-state index is -4.33. The van der Waals surface area contributed by atoms with Gasteiger partial charge in [0.05, 0.1) is 6.61 Å². The van der Waals surface area contributed by atoms with Gasteiger partial charge in [-0.15, -0.1) is 0 Å². The Bertz CT molecular complexity index is 412. The van der Waals surface area contributed by atoms with E-state index < -0.39 is 12.7 Å². The van der Waals surface area contributed by atoms with Crippen molar-refractivity contribution in [2.24, 2.45) is 0 Å². The third kappa shape index (κ3) is 5.26. The Morgan fingerprint density at radius 2 is 2.05 bits per heavy atom. The summed E-state index contributed by atoms with van der Waals surface area (Å²) in [6.45, 7) is -1.14. The summed E-state index contributed by atoms with van der Waals surface area (Å²) in [6, 6.07) is 4.70. The van der Waals surface area contributed by atoms with Gasteiger partial charge in [0.15, 0.2) is 0 Å². The Morgan fingerprint density at radius 3 is 2.58 bits per heavy atom. The Labute approximate surface area is 115 Å². The van der Waals surface area contributed by atoms with Crippen LogP contribution in [-0.2, 0) is 6.54 Å². The van der Waals surface area contributed by atoms with Gasteiger partial charge in [0, 0.05) is 23.8 Å².